The van der Waals surface area contributed by atoms with Gasteiger partial charge in [0, 0.05) is 0 Å². The van der Waals surface area contributed by atoms with Gasteiger partial charge >= 0.3 is 0 Å². The van der Waals surface area contributed by atoms with Gasteiger partial charge in [0.25, 0.3) is 0 Å². The van der Waals surface area contributed by atoms with Gasteiger partial charge in [-0.1, -0.05) is 6.07 Å². The topological polar surface area (TPSA) is 50.9 Å². The van der Waals surface area contributed by atoms with E-state index in [1.807, 2.05) is 25.1 Å². The van der Waals surface area contributed by atoms with Crippen LogP contribution in [0.5, 0.6) is 0 Å². The Morgan fingerprint density at radius 1 is 1.21 bits per heavy atom. The zero-order chi connectivity index (χ0) is 13.4. The second-order valence-corrected chi connectivity index (χ2v) is 5.22. The van der Waals surface area contributed by atoms with Gasteiger partial charge in [-0.05, 0) is 36.8 Å². The van der Waals surface area contributed by atoms with E-state index in [4.69, 9.17) is 5.73 Å². The number of halogens is 1. The van der Waals surface area contributed by atoms with Crippen molar-refractivity contribution in [3.8, 4) is 0 Å². The summed E-state index contributed by atoms with van der Waals surface area (Å²) in [7, 11) is 0. The number of hydrogen-bond acceptors (Lipinski definition) is 4. The molecule has 1 aromatic heterocycles. The third-order valence-corrected chi connectivity index (χ3v) is 3.73. The van der Waals surface area contributed by atoms with Gasteiger partial charge in [-0.2, -0.15) is 0 Å². The molecule has 0 aliphatic carbocycles. The smallest absolute Gasteiger partial charge is 0.146 e. The van der Waals surface area contributed by atoms with Crippen molar-refractivity contribution in [1.82, 2.24) is 4.98 Å². The third kappa shape index (κ3) is 2.13. The molecule has 0 unspecified atom stereocenters. The Labute approximate surface area is 113 Å². The fraction of sp³-hybridized carbons (Fsp3) is 0.0714. The summed E-state index contributed by atoms with van der Waals surface area (Å²) in [5, 5.41) is 3.01. The van der Waals surface area contributed by atoms with Crippen molar-refractivity contribution in [1.29, 1.82) is 0 Å². The van der Waals surface area contributed by atoms with E-state index in [-0.39, 0.29) is 5.82 Å². The van der Waals surface area contributed by atoms with Crippen molar-refractivity contribution < 1.29 is 4.39 Å². The minimum Gasteiger partial charge on any atom is -0.395 e. The maximum atomic E-state index is 13.8. The second kappa shape index (κ2) is 4.51. The minimum absolute atomic E-state index is 0.294. The first kappa shape index (κ1) is 11.9. The Kier molecular flexibility index (Phi) is 2.83. The van der Waals surface area contributed by atoms with Crippen molar-refractivity contribution in [3.05, 3.63) is 47.2 Å². The monoisotopic (exact) mass is 273 g/mol. The number of rotatable bonds is 2. The lowest BCUT2D eigenvalue weighted by molar-refractivity contribution is 0.631. The van der Waals surface area contributed by atoms with E-state index in [1.165, 1.54) is 17.4 Å². The maximum Gasteiger partial charge on any atom is 0.146 e. The molecule has 96 valence electrons. The average molecular weight is 273 g/mol. The molecule has 0 atom stereocenters. The van der Waals surface area contributed by atoms with Crippen LogP contribution in [0, 0.1) is 12.7 Å². The molecule has 0 fully saturated rings. The highest BCUT2D eigenvalue weighted by atomic mass is 32.1. The van der Waals surface area contributed by atoms with E-state index in [1.54, 1.807) is 11.6 Å². The zero-order valence-electron chi connectivity index (χ0n) is 10.3. The third-order valence-electron chi connectivity index (χ3n) is 2.94. The van der Waals surface area contributed by atoms with Gasteiger partial charge in [0.05, 0.1) is 27.3 Å². The van der Waals surface area contributed by atoms with Gasteiger partial charge in [0.2, 0.25) is 0 Å². The molecule has 0 bridgehead atoms. The number of hydrogen-bond donors (Lipinski definition) is 2. The van der Waals surface area contributed by atoms with Crippen molar-refractivity contribution in [2.24, 2.45) is 0 Å². The van der Waals surface area contributed by atoms with E-state index in [0.717, 1.165) is 15.8 Å². The summed E-state index contributed by atoms with van der Waals surface area (Å²) in [5.41, 5.74) is 11.0. The molecule has 0 aliphatic rings. The Morgan fingerprint density at radius 2 is 2.00 bits per heavy atom. The standard InChI is InChI=1S/C14H12FN3S/c1-8-2-3-10(9(15)6-8)18-11-4-5-12-14(13(11)16)17-7-19-12/h2-7,18H,16H2,1H3. The summed E-state index contributed by atoms with van der Waals surface area (Å²) in [6, 6.07) is 8.81. The highest BCUT2D eigenvalue weighted by Gasteiger charge is 2.09. The van der Waals surface area contributed by atoms with Crippen LogP contribution in [0.25, 0.3) is 10.2 Å². The lowest BCUT2D eigenvalue weighted by atomic mass is 10.2. The summed E-state index contributed by atoms with van der Waals surface area (Å²) in [4.78, 5) is 4.22. The molecule has 19 heavy (non-hydrogen) atoms. The number of aryl methyl sites for hydroxylation is 1. The van der Waals surface area contributed by atoms with Crippen LogP contribution in [0.2, 0.25) is 0 Å². The van der Waals surface area contributed by atoms with Crippen LogP contribution in [-0.4, -0.2) is 4.98 Å². The molecule has 0 amide bonds. The van der Waals surface area contributed by atoms with Crippen LogP contribution in [0.15, 0.2) is 35.8 Å². The first-order valence-corrected chi connectivity index (χ1v) is 6.68. The van der Waals surface area contributed by atoms with Crippen LogP contribution in [0.1, 0.15) is 5.56 Å². The lowest BCUT2D eigenvalue weighted by Gasteiger charge is -2.11. The molecule has 0 spiro atoms. The van der Waals surface area contributed by atoms with Crippen LogP contribution in [0.4, 0.5) is 21.5 Å². The lowest BCUT2D eigenvalue weighted by Crippen LogP contribution is -1.99. The van der Waals surface area contributed by atoms with Crippen molar-refractivity contribution in [3.63, 3.8) is 0 Å². The average Bonchev–Trinajstić information content (AvgIpc) is 2.85. The van der Waals surface area contributed by atoms with Gasteiger partial charge < -0.3 is 11.1 Å². The summed E-state index contributed by atoms with van der Waals surface area (Å²) >= 11 is 1.53. The number of nitrogens with two attached hydrogens (primary N) is 1. The number of nitrogen functional groups attached to an aromatic ring is 1. The number of nitrogens with zero attached hydrogens (tertiary/aromatic N) is 1. The molecule has 0 saturated heterocycles. The second-order valence-electron chi connectivity index (χ2n) is 4.33. The molecule has 3 rings (SSSR count). The van der Waals surface area contributed by atoms with E-state index < -0.39 is 0 Å². The molecule has 0 saturated carbocycles. The fourth-order valence-corrected chi connectivity index (χ4v) is 2.62. The fourth-order valence-electron chi connectivity index (χ4n) is 1.93. The van der Waals surface area contributed by atoms with E-state index in [9.17, 15) is 4.39 Å². The predicted octanol–water partition coefficient (Wildman–Crippen LogP) is 4.07. The predicted molar refractivity (Wildman–Crippen MR) is 78.5 cm³/mol. The quantitative estimate of drug-likeness (QED) is 0.692. The van der Waals surface area contributed by atoms with Crippen molar-refractivity contribution >= 4 is 38.6 Å². The zero-order valence-corrected chi connectivity index (χ0v) is 11.1. The van der Waals surface area contributed by atoms with Crippen molar-refractivity contribution in [2.75, 3.05) is 11.1 Å². The number of benzene rings is 2. The maximum absolute atomic E-state index is 13.8. The summed E-state index contributed by atoms with van der Waals surface area (Å²) in [6.45, 7) is 1.85. The van der Waals surface area contributed by atoms with Crippen molar-refractivity contribution in [2.45, 2.75) is 6.92 Å². The molecule has 5 heteroatoms. The minimum atomic E-state index is -0.294. The molecule has 3 aromatic rings. The summed E-state index contributed by atoms with van der Waals surface area (Å²) in [5.74, 6) is -0.294. The SMILES string of the molecule is Cc1ccc(Nc2ccc3scnc3c2N)c(F)c1. The molecule has 3 nitrogen and oxygen atoms in total. The molecule has 3 N–H and O–H groups in total. The Bertz CT molecular complexity index is 752. The highest BCUT2D eigenvalue weighted by Crippen LogP contribution is 2.32. The Balaban J connectivity index is 2.03. The van der Waals surface area contributed by atoms with E-state index >= 15 is 0 Å². The number of fused-ring (bicyclic) bond motifs is 1. The van der Waals surface area contributed by atoms with Gasteiger partial charge in [0.1, 0.15) is 11.3 Å². The van der Waals surface area contributed by atoms with Crippen LogP contribution in [-0.2, 0) is 0 Å². The van der Waals surface area contributed by atoms with Gasteiger partial charge in [-0.15, -0.1) is 11.3 Å². The van der Waals surface area contributed by atoms with Gasteiger partial charge in [0.15, 0.2) is 0 Å². The number of thiazole rings is 1. The molecule has 1 heterocycles. The van der Waals surface area contributed by atoms with Crippen LogP contribution in [0.3, 0.4) is 0 Å². The van der Waals surface area contributed by atoms with Crippen LogP contribution < -0.4 is 11.1 Å². The van der Waals surface area contributed by atoms with Gasteiger partial charge in [-0.3, -0.25) is 0 Å². The molecular formula is C14H12FN3S. The number of aromatic nitrogens is 1. The normalized spacial score (nSPS) is 10.8. The first-order valence-electron chi connectivity index (χ1n) is 5.80. The summed E-state index contributed by atoms with van der Waals surface area (Å²) < 4.78 is 14.8. The first-order chi connectivity index (χ1) is 9.15. The Hall–Kier alpha value is -2.14. The summed E-state index contributed by atoms with van der Waals surface area (Å²) in [6.07, 6.45) is 0. The molecular weight excluding hydrogens is 261 g/mol. The van der Waals surface area contributed by atoms with Crippen LogP contribution >= 0.6 is 11.3 Å². The Morgan fingerprint density at radius 3 is 2.79 bits per heavy atom. The molecule has 2 aromatic carbocycles. The van der Waals surface area contributed by atoms with E-state index in [2.05, 4.69) is 10.3 Å². The number of nitrogens with one attached hydrogen (secondary N) is 1. The number of anilines is 3. The molecule has 0 radical (unpaired) electrons. The van der Waals surface area contributed by atoms with E-state index in [0.29, 0.717) is 17.1 Å². The highest BCUT2D eigenvalue weighted by molar-refractivity contribution is 7.16. The van der Waals surface area contributed by atoms with Gasteiger partial charge in [-0.25, -0.2) is 9.37 Å². The molecule has 0 aliphatic heterocycles. The largest absolute Gasteiger partial charge is 0.395 e.